The summed E-state index contributed by atoms with van der Waals surface area (Å²) in [7, 11) is -4.36. The van der Waals surface area contributed by atoms with Gasteiger partial charge in [-0.2, -0.15) is 4.58 Å². The number of amides is 1. The van der Waals surface area contributed by atoms with Crippen molar-refractivity contribution in [3.63, 3.8) is 0 Å². The summed E-state index contributed by atoms with van der Waals surface area (Å²) in [5.74, 6) is -0.427. The van der Waals surface area contributed by atoms with Gasteiger partial charge in [0.15, 0.2) is 5.71 Å². The molecule has 2 aliphatic rings. The Balaban J connectivity index is 0.983. The zero-order valence-corrected chi connectivity index (χ0v) is 41.3. The van der Waals surface area contributed by atoms with Gasteiger partial charge < -0.3 is 28.6 Å². The van der Waals surface area contributed by atoms with E-state index in [-0.39, 0.29) is 17.7 Å². The fraction of sp³-hybridized carbons (Fsp3) is 0.345. The van der Waals surface area contributed by atoms with Gasteiger partial charge in [0, 0.05) is 93.6 Å². The Morgan fingerprint density at radius 2 is 1.51 bits per heavy atom. The average molecular weight is 984 g/mol. The first kappa shape index (κ1) is 50.3. The number of aryl methyl sites for hydroxylation is 1. The molecule has 1 aromatic heterocycles. The third kappa shape index (κ3) is 11.6. The van der Waals surface area contributed by atoms with Crippen LogP contribution in [0.2, 0.25) is 0 Å². The van der Waals surface area contributed by atoms with E-state index in [1.165, 1.54) is 27.7 Å². The molecule has 0 unspecified atom stereocenters. The molecular formula is C55H59ClN6O7S. The molecule has 0 bridgehead atoms. The van der Waals surface area contributed by atoms with Crippen molar-refractivity contribution >= 4 is 88.7 Å². The summed E-state index contributed by atoms with van der Waals surface area (Å²) in [6.45, 7) is 8.92. The van der Waals surface area contributed by atoms with Crippen molar-refractivity contribution < 1.29 is 36.6 Å². The van der Waals surface area contributed by atoms with Crippen LogP contribution in [0.3, 0.4) is 0 Å². The highest BCUT2D eigenvalue weighted by molar-refractivity contribution is 7.85. The largest absolute Gasteiger partial charge is 0.748 e. The zero-order chi connectivity index (χ0) is 49.1. The molecule has 1 amide bonds. The highest BCUT2D eigenvalue weighted by Gasteiger charge is 2.45. The van der Waals surface area contributed by atoms with Crippen LogP contribution in [-0.4, -0.2) is 98.8 Å². The van der Waals surface area contributed by atoms with Crippen molar-refractivity contribution in [2.24, 2.45) is 5.11 Å². The molecule has 0 radical (unpaired) electrons. The molecule has 0 atom stereocenters. The molecule has 1 aliphatic heterocycles. The molecule has 2 heterocycles. The molecule has 8 rings (SSSR count). The van der Waals surface area contributed by atoms with E-state index >= 15 is 0 Å². The minimum atomic E-state index is -4.36. The molecule has 5 aromatic carbocycles. The molecule has 364 valence electrons. The van der Waals surface area contributed by atoms with E-state index in [1.807, 2.05) is 30.3 Å². The van der Waals surface area contributed by atoms with E-state index in [1.54, 1.807) is 0 Å². The Morgan fingerprint density at radius 1 is 0.814 bits per heavy atom. The number of benzene rings is 5. The van der Waals surface area contributed by atoms with Gasteiger partial charge in [-0.05, 0) is 90.2 Å². The number of allylic oxidation sites excluding steroid dienone is 6. The summed E-state index contributed by atoms with van der Waals surface area (Å²) in [6.07, 6.45) is 11.7. The molecule has 0 saturated heterocycles. The van der Waals surface area contributed by atoms with Crippen molar-refractivity contribution in [2.75, 3.05) is 65.0 Å². The maximum absolute atomic E-state index is 12.7. The van der Waals surface area contributed by atoms with Crippen molar-refractivity contribution in [1.82, 2.24) is 9.88 Å². The first-order valence-electron chi connectivity index (χ1n) is 24.0. The van der Waals surface area contributed by atoms with Crippen LogP contribution in [0.15, 0.2) is 125 Å². The zero-order valence-electron chi connectivity index (χ0n) is 39.7. The number of nitrogens with zero attached hydrogens (tertiary/aromatic N) is 5. The van der Waals surface area contributed by atoms with Crippen LogP contribution in [0.5, 0.6) is 0 Å². The number of unbranched alkanes of at least 4 members (excludes halogenated alkanes) is 2. The number of hydrogen-bond donors (Lipinski definition) is 1. The van der Waals surface area contributed by atoms with Gasteiger partial charge in [0.25, 0.3) is 0 Å². The van der Waals surface area contributed by atoms with E-state index in [2.05, 4.69) is 129 Å². The minimum absolute atomic E-state index is 0.00937. The van der Waals surface area contributed by atoms with E-state index in [0.717, 1.165) is 75.1 Å². The van der Waals surface area contributed by atoms with E-state index in [0.29, 0.717) is 70.7 Å². The molecule has 0 fully saturated rings. The number of fused-ring (bicyclic) bond motifs is 4. The number of rotatable bonds is 25. The maximum atomic E-state index is 12.7. The predicted octanol–water partition coefficient (Wildman–Crippen LogP) is 10.1. The van der Waals surface area contributed by atoms with Gasteiger partial charge in [-0.25, -0.2) is 8.42 Å². The minimum Gasteiger partial charge on any atom is -0.748 e. The van der Waals surface area contributed by atoms with Crippen LogP contribution in [0.4, 0.5) is 5.69 Å². The second kappa shape index (κ2) is 23.2. The van der Waals surface area contributed by atoms with Crippen molar-refractivity contribution in [3.8, 4) is 0 Å². The second-order valence-corrected chi connectivity index (χ2v) is 19.9. The number of carbonyl (C=O) groups is 1. The Kier molecular flexibility index (Phi) is 16.7. The fourth-order valence-electron chi connectivity index (χ4n) is 9.89. The molecule has 1 aliphatic carbocycles. The number of aromatic nitrogens is 1. The SMILES string of the molecule is CC1(C)C(/C=C/C2=C(Cl)C(=C/C=c3\c4cccc5cccc(c54)n3CCCS(=O)(=O)[O-])/c3ccccc32)=[N+](CCCCCC(=O)NCCOCCOCCOCCN=[N+]=[N-])c2ccc3ccccc3c21. The highest BCUT2D eigenvalue weighted by Crippen LogP contribution is 2.47. The maximum Gasteiger partial charge on any atom is 0.220 e. The van der Waals surface area contributed by atoms with Crippen LogP contribution >= 0.6 is 11.6 Å². The number of hydrogen-bond acceptors (Lipinski definition) is 8. The highest BCUT2D eigenvalue weighted by atomic mass is 35.5. The molecular weight excluding hydrogens is 924 g/mol. The molecule has 1 N–H and O–H groups in total. The van der Waals surface area contributed by atoms with Crippen LogP contribution in [0.25, 0.3) is 60.1 Å². The molecule has 0 saturated carbocycles. The number of azide groups is 1. The normalized spacial score (nSPS) is 15.3. The van der Waals surface area contributed by atoms with Gasteiger partial charge in [-0.15, -0.1) is 0 Å². The fourth-order valence-corrected chi connectivity index (χ4v) is 10.7. The van der Waals surface area contributed by atoms with Gasteiger partial charge >= 0.3 is 0 Å². The third-order valence-corrected chi connectivity index (χ3v) is 14.3. The summed E-state index contributed by atoms with van der Waals surface area (Å²) in [5.41, 5.74) is 16.4. The second-order valence-electron chi connectivity index (χ2n) is 18.0. The average Bonchev–Trinajstić information content (AvgIpc) is 3.88. The quantitative estimate of drug-likeness (QED) is 0.0149. The summed E-state index contributed by atoms with van der Waals surface area (Å²) in [6, 6.07) is 33.5. The number of halogens is 1. The lowest BCUT2D eigenvalue weighted by Gasteiger charge is -2.17. The van der Waals surface area contributed by atoms with Crippen molar-refractivity contribution in [2.45, 2.75) is 57.9 Å². The first-order valence-corrected chi connectivity index (χ1v) is 25.9. The standard InChI is InChI=1S/C55H59ClN6O7S/c1-55(2)50(62(49-25-22-39-13-5-6-16-41(39)53(49)55)30-9-3-4-21-51(63)58-28-32-67-34-36-69-37-35-68-33-29-59-60-57)27-24-45-43-18-8-7-17-42(43)44(54(45)56)23-26-47-46-19-10-14-40-15-11-20-48(52(40)46)61(47)31-12-38-70(64,65)66/h5-8,10-11,13-20,22-27H,3-4,9,12,21,28-38H2,1-2H3,(H-,58,63,64,65,66). The topological polar surface area (TPSA) is 171 Å². The lowest BCUT2D eigenvalue weighted by atomic mass is 9.79. The molecule has 6 aromatic rings. The van der Waals surface area contributed by atoms with E-state index in [4.69, 9.17) is 31.3 Å². The monoisotopic (exact) mass is 982 g/mol. The van der Waals surface area contributed by atoms with Crippen molar-refractivity contribution in [3.05, 3.63) is 153 Å². The molecule has 15 heteroatoms. The number of carbonyl (C=O) groups excluding carboxylic acids is 1. The van der Waals surface area contributed by atoms with Gasteiger partial charge in [0.05, 0.1) is 60.2 Å². The molecule has 0 spiro atoms. The van der Waals surface area contributed by atoms with Crippen LogP contribution < -0.4 is 10.7 Å². The lowest BCUT2D eigenvalue weighted by Crippen LogP contribution is -2.28. The third-order valence-electron chi connectivity index (χ3n) is 13.1. The van der Waals surface area contributed by atoms with Crippen LogP contribution in [-0.2, 0) is 41.1 Å². The summed E-state index contributed by atoms with van der Waals surface area (Å²) in [4.78, 5) is 15.4. The number of ether oxygens (including phenoxy) is 3. The Bertz CT molecular complexity index is 3230. The van der Waals surface area contributed by atoms with Crippen LogP contribution in [0.1, 0.15) is 62.6 Å². The van der Waals surface area contributed by atoms with Gasteiger partial charge in [0.2, 0.25) is 11.6 Å². The van der Waals surface area contributed by atoms with E-state index in [9.17, 15) is 17.8 Å². The Labute approximate surface area is 414 Å². The predicted molar refractivity (Wildman–Crippen MR) is 279 cm³/mol. The molecule has 13 nitrogen and oxygen atoms in total. The van der Waals surface area contributed by atoms with E-state index < -0.39 is 15.9 Å². The Hall–Kier alpha value is -6.09. The van der Waals surface area contributed by atoms with Crippen LogP contribution in [0, 0.1) is 0 Å². The first-order chi connectivity index (χ1) is 34.0. The van der Waals surface area contributed by atoms with Gasteiger partial charge in [0.1, 0.15) is 6.54 Å². The number of nitrogens with one attached hydrogen (secondary N) is 1. The van der Waals surface area contributed by atoms with Gasteiger partial charge in [-0.1, -0.05) is 102 Å². The van der Waals surface area contributed by atoms with Crippen molar-refractivity contribution in [1.29, 1.82) is 0 Å². The summed E-state index contributed by atoms with van der Waals surface area (Å²) < 4.78 is 55.7. The lowest BCUT2D eigenvalue weighted by molar-refractivity contribution is -0.438. The summed E-state index contributed by atoms with van der Waals surface area (Å²) >= 11 is 7.46. The summed E-state index contributed by atoms with van der Waals surface area (Å²) in [5, 5.41) is 13.6. The Morgan fingerprint density at radius 3 is 2.30 bits per heavy atom. The molecule has 70 heavy (non-hydrogen) atoms. The van der Waals surface area contributed by atoms with Gasteiger partial charge in [-0.3, -0.25) is 4.79 Å². The smallest absolute Gasteiger partial charge is 0.220 e.